The number of allylic oxidation sites excluding steroid dienone is 3. The Morgan fingerprint density at radius 2 is 1.62 bits per heavy atom. The van der Waals surface area contributed by atoms with E-state index in [1.54, 1.807) is 12.1 Å². The number of carboxylic acid groups (broad SMARTS) is 1. The molecule has 5 heteroatoms. The van der Waals surface area contributed by atoms with Crippen LogP contribution >= 0.6 is 0 Å². The number of hydrogen-bond donors (Lipinski definition) is 3. The van der Waals surface area contributed by atoms with Gasteiger partial charge in [-0.05, 0) is 152 Å². The third-order valence-electron chi connectivity index (χ3n) is 15.2. The van der Waals surface area contributed by atoms with Crippen LogP contribution in [-0.4, -0.2) is 37.1 Å². The summed E-state index contributed by atoms with van der Waals surface area (Å²) in [6, 6.07) is 7.57. The molecule has 45 heavy (non-hydrogen) atoms. The van der Waals surface area contributed by atoms with E-state index in [2.05, 4.69) is 64.8 Å². The van der Waals surface area contributed by atoms with Gasteiger partial charge >= 0.3 is 5.97 Å². The van der Waals surface area contributed by atoms with Crippen LogP contribution in [0.4, 0.5) is 0 Å². The molecule has 0 bridgehead atoms. The molecule has 0 spiro atoms. The van der Waals surface area contributed by atoms with Crippen molar-refractivity contribution in [1.82, 2.24) is 10.6 Å². The first-order valence-corrected chi connectivity index (χ1v) is 17.8. The second kappa shape index (κ2) is 11.1. The summed E-state index contributed by atoms with van der Waals surface area (Å²) >= 11 is 0. The zero-order valence-electron chi connectivity index (χ0n) is 29.0. The van der Waals surface area contributed by atoms with Gasteiger partial charge in [-0.1, -0.05) is 65.0 Å². The predicted molar refractivity (Wildman–Crippen MR) is 183 cm³/mol. The average Bonchev–Trinajstić information content (AvgIpc) is 3.37. The predicted octanol–water partition coefficient (Wildman–Crippen LogP) is 8.37. The number of likely N-dealkylation sites (N-methyl/N-ethyl adjacent to an activating group) is 1. The van der Waals surface area contributed by atoms with Crippen LogP contribution < -0.4 is 10.6 Å². The van der Waals surface area contributed by atoms with Crippen molar-refractivity contribution in [2.45, 2.75) is 99.3 Å². The molecule has 5 aliphatic carbocycles. The lowest BCUT2D eigenvalue weighted by Crippen LogP contribution is -2.66. The Kier molecular flexibility index (Phi) is 8.03. The first kappa shape index (κ1) is 32.5. The van der Waals surface area contributed by atoms with E-state index >= 15 is 0 Å². The van der Waals surface area contributed by atoms with Crippen LogP contribution in [0.3, 0.4) is 0 Å². The highest BCUT2D eigenvalue weighted by Crippen LogP contribution is 2.77. The lowest BCUT2D eigenvalue weighted by atomic mass is 9.32. The fourth-order valence-electron chi connectivity index (χ4n) is 13.0. The van der Waals surface area contributed by atoms with E-state index in [4.69, 9.17) is 0 Å². The van der Waals surface area contributed by atoms with Crippen LogP contribution in [-0.2, 0) is 4.79 Å². The van der Waals surface area contributed by atoms with Gasteiger partial charge in [-0.3, -0.25) is 4.79 Å². The van der Waals surface area contributed by atoms with Gasteiger partial charge in [0.1, 0.15) is 0 Å². The van der Waals surface area contributed by atoms with Gasteiger partial charge in [0.2, 0.25) is 5.91 Å². The van der Waals surface area contributed by atoms with Crippen molar-refractivity contribution in [2.24, 2.45) is 56.7 Å². The largest absolute Gasteiger partial charge is 0.478 e. The van der Waals surface area contributed by atoms with E-state index in [1.807, 2.05) is 19.2 Å². The van der Waals surface area contributed by atoms with Crippen LogP contribution in [0, 0.1) is 56.7 Å². The number of aromatic carboxylic acids is 1. The maximum atomic E-state index is 12.6. The summed E-state index contributed by atoms with van der Waals surface area (Å²) in [7, 11) is 1.84. The van der Waals surface area contributed by atoms with E-state index in [9.17, 15) is 14.7 Å². The van der Waals surface area contributed by atoms with Crippen LogP contribution in [0.2, 0.25) is 0 Å². The Bertz CT molecular complexity index is 1390. The fourth-order valence-corrected chi connectivity index (χ4v) is 13.0. The molecule has 4 saturated carbocycles. The summed E-state index contributed by atoms with van der Waals surface area (Å²) in [6.07, 6.45) is 13.6. The van der Waals surface area contributed by atoms with E-state index in [0.717, 1.165) is 13.0 Å². The first-order chi connectivity index (χ1) is 21.1. The topological polar surface area (TPSA) is 78.4 Å². The van der Waals surface area contributed by atoms with E-state index in [-0.39, 0.29) is 33.0 Å². The van der Waals surface area contributed by atoms with Crippen molar-refractivity contribution in [3.63, 3.8) is 0 Å². The summed E-state index contributed by atoms with van der Waals surface area (Å²) < 4.78 is 0. The number of fused-ring (bicyclic) bond motifs is 7. The molecular formula is C40H58N2O3. The van der Waals surface area contributed by atoms with Crippen molar-refractivity contribution in [1.29, 1.82) is 0 Å². The van der Waals surface area contributed by atoms with Gasteiger partial charge in [0.25, 0.3) is 0 Å². The number of nitrogens with one attached hydrogen (secondary N) is 2. The molecule has 4 fully saturated rings. The highest BCUT2D eigenvalue weighted by molar-refractivity contribution is 5.88. The van der Waals surface area contributed by atoms with Gasteiger partial charge in [0, 0.05) is 6.54 Å². The van der Waals surface area contributed by atoms with E-state index in [0.29, 0.717) is 41.7 Å². The number of carbonyl (C=O) groups excluding carboxylic acids is 1. The molecule has 5 nitrogen and oxygen atoms in total. The lowest BCUT2D eigenvalue weighted by Gasteiger charge is -2.72. The quantitative estimate of drug-likeness (QED) is 0.270. The number of carbonyl (C=O) groups is 2. The van der Waals surface area contributed by atoms with Crippen molar-refractivity contribution < 1.29 is 14.7 Å². The third kappa shape index (κ3) is 4.72. The summed E-state index contributed by atoms with van der Waals surface area (Å²) in [4.78, 5) is 24.1. The molecule has 1 aromatic rings. The zero-order valence-corrected chi connectivity index (χ0v) is 29.0. The van der Waals surface area contributed by atoms with Gasteiger partial charge in [-0.2, -0.15) is 0 Å². The molecule has 0 aliphatic heterocycles. The maximum Gasteiger partial charge on any atom is 0.335 e. The molecule has 246 valence electrons. The molecular weight excluding hydrogens is 556 g/mol. The zero-order chi connectivity index (χ0) is 32.6. The Morgan fingerprint density at radius 1 is 0.911 bits per heavy atom. The number of amides is 1. The maximum absolute atomic E-state index is 12.6. The highest BCUT2D eigenvalue weighted by Gasteiger charge is 2.70. The molecule has 3 N–H and O–H groups in total. The Morgan fingerprint density at radius 3 is 2.27 bits per heavy atom. The molecule has 0 aromatic heterocycles. The summed E-state index contributed by atoms with van der Waals surface area (Å²) in [5, 5.41) is 15.8. The third-order valence-corrected chi connectivity index (χ3v) is 15.2. The van der Waals surface area contributed by atoms with Crippen molar-refractivity contribution in [3.8, 4) is 0 Å². The van der Waals surface area contributed by atoms with Gasteiger partial charge in [0.05, 0.1) is 12.1 Å². The molecule has 0 radical (unpaired) electrons. The Labute approximate surface area is 272 Å². The Hall–Kier alpha value is -2.40. The molecule has 5 aliphatic rings. The van der Waals surface area contributed by atoms with Crippen LogP contribution in [0.5, 0.6) is 0 Å². The van der Waals surface area contributed by atoms with Gasteiger partial charge in [-0.15, -0.1) is 0 Å². The van der Waals surface area contributed by atoms with Crippen molar-refractivity contribution >= 4 is 17.4 Å². The molecule has 6 rings (SSSR count). The highest BCUT2D eigenvalue weighted by atomic mass is 16.4. The molecule has 1 aromatic carbocycles. The van der Waals surface area contributed by atoms with Crippen LogP contribution in [0.15, 0.2) is 42.5 Å². The van der Waals surface area contributed by atoms with Gasteiger partial charge in [0.15, 0.2) is 0 Å². The molecule has 1 amide bonds. The minimum atomic E-state index is -0.868. The molecule has 9 atom stereocenters. The first-order valence-electron chi connectivity index (χ1n) is 17.8. The minimum Gasteiger partial charge on any atom is -0.478 e. The van der Waals surface area contributed by atoms with Crippen molar-refractivity contribution in [2.75, 3.05) is 20.1 Å². The SMILES string of the molecule is C=C(C)C1CCC2(CNC(=O)CNC)CCC3(C)C(CCC4C5(C)CC=C(c6ccc(C(=O)O)cc6)C(C)(C)C5CCC43C)C12. The standard InChI is InChI=1S/C40H58N2O3/c1-25(2)28-15-20-40(24-42-33(43)23-41-8)22-21-38(6)30(34(28)40)13-14-32-37(5)18-16-29(26-9-11-27(12-10-26)35(44)45)36(3,4)31(37)17-19-39(32,38)7/h9-12,16,28,30-32,34,41H,1,13-15,17-24H2,2-8H3,(H,42,43)(H,44,45). The minimum absolute atomic E-state index is 0.0145. The monoisotopic (exact) mass is 614 g/mol. The Balaban J connectivity index is 1.32. The second-order valence-corrected chi connectivity index (χ2v) is 17.3. The van der Waals surface area contributed by atoms with Crippen LogP contribution in [0.1, 0.15) is 115 Å². The summed E-state index contributed by atoms with van der Waals surface area (Å²) in [5.41, 5.74) is 5.23. The average molecular weight is 615 g/mol. The number of rotatable bonds is 7. The summed E-state index contributed by atoms with van der Waals surface area (Å²) in [5.74, 6) is 2.31. The smallest absolute Gasteiger partial charge is 0.335 e. The van der Waals surface area contributed by atoms with E-state index < -0.39 is 5.97 Å². The van der Waals surface area contributed by atoms with Crippen molar-refractivity contribution in [3.05, 3.63) is 53.6 Å². The summed E-state index contributed by atoms with van der Waals surface area (Å²) in [6.45, 7) is 20.9. The van der Waals surface area contributed by atoms with Gasteiger partial charge < -0.3 is 15.7 Å². The number of carboxylic acids is 1. The van der Waals surface area contributed by atoms with E-state index in [1.165, 1.54) is 68.1 Å². The second-order valence-electron chi connectivity index (χ2n) is 17.3. The fraction of sp³-hybridized carbons (Fsp3) is 0.700. The molecule has 0 saturated heterocycles. The van der Waals surface area contributed by atoms with Gasteiger partial charge in [-0.25, -0.2) is 4.79 Å². The normalized spacial score (nSPS) is 41.5. The molecule has 9 unspecified atom stereocenters. The number of benzene rings is 1. The molecule has 0 heterocycles. The van der Waals surface area contributed by atoms with Crippen LogP contribution in [0.25, 0.3) is 5.57 Å². The number of hydrogen-bond acceptors (Lipinski definition) is 3. The lowest BCUT2D eigenvalue weighted by molar-refractivity contribution is -0.225.